The van der Waals surface area contributed by atoms with Crippen molar-refractivity contribution in [3.8, 4) is 0 Å². The van der Waals surface area contributed by atoms with Gasteiger partial charge in [-0.2, -0.15) is 0 Å². The standard InChI is InChI=1S/C25H36N4O7S/c1-6-9-36-25(35)27-12-17(10-16(27)11-26-7-8-29(4,5)13-18(26)31)37-22-14(2)20-19(15(3)30)23(32)28(20)21(22)24(33)34/h6,14-17,19-20,30H,1,7-13H2,2-5H3/p+1/t14-,15-,16+,17+,19-,20-/m1/s1. The Labute approximate surface area is 221 Å². The first-order valence-corrected chi connectivity index (χ1v) is 13.5. The zero-order chi connectivity index (χ0) is 27.2. The molecule has 11 nitrogen and oxygen atoms in total. The van der Waals surface area contributed by atoms with Crippen LogP contribution in [0.15, 0.2) is 23.3 Å². The summed E-state index contributed by atoms with van der Waals surface area (Å²) in [6.07, 6.45) is 0.686. The molecule has 0 aromatic carbocycles. The summed E-state index contributed by atoms with van der Waals surface area (Å²) in [5.74, 6) is -2.39. The predicted molar refractivity (Wildman–Crippen MR) is 136 cm³/mol. The molecule has 0 aromatic rings. The van der Waals surface area contributed by atoms with Crippen LogP contribution in [0, 0.1) is 11.8 Å². The second kappa shape index (κ2) is 10.3. The van der Waals surface area contributed by atoms with Gasteiger partial charge in [0.1, 0.15) is 12.3 Å². The van der Waals surface area contributed by atoms with Crippen LogP contribution in [0.25, 0.3) is 0 Å². The molecule has 3 saturated heterocycles. The summed E-state index contributed by atoms with van der Waals surface area (Å²) < 4.78 is 5.94. The first-order chi connectivity index (χ1) is 17.4. The van der Waals surface area contributed by atoms with Crippen LogP contribution in [0.2, 0.25) is 0 Å². The summed E-state index contributed by atoms with van der Waals surface area (Å²) in [4.78, 5) is 55.8. The minimum absolute atomic E-state index is 0.0279. The van der Waals surface area contributed by atoms with Crippen LogP contribution in [0.4, 0.5) is 4.79 Å². The summed E-state index contributed by atoms with van der Waals surface area (Å²) in [6.45, 7) is 9.62. The average Bonchev–Trinajstić information content (AvgIpc) is 3.30. The van der Waals surface area contributed by atoms with E-state index < -0.39 is 24.1 Å². The normalized spacial score (nSPS) is 31.8. The summed E-state index contributed by atoms with van der Waals surface area (Å²) in [5, 5.41) is 19.9. The Bertz CT molecular complexity index is 1030. The lowest BCUT2D eigenvalue weighted by atomic mass is 9.79. The second-order valence-electron chi connectivity index (χ2n) is 11.1. The number of hydrogen-bond acceptors (Lipinski definition) is 7. The first-order valence-electron chi connectivity index (χ1n) is 12.7. The number of piperazine rings is 1. The number of aliphatic carboxylic acids is 1. The molecule has 204 valence electrons. The molecular formula is C25H37N4O7S+. The van der Waals surface area contributed by atoms with E-state index in [1.165, 1.54) is 22.7 Å². The van der Waals surface area contributed by atoms with Gasteiger partial charge < -0.3 is 34.1 Å². The fourth-order valence-electron chi connectivity index (χ4n) is 5.94. The minimum Gasteiger partial charge on any atom is -0.477 e. The van der Waals surface area contributed by atoms with Crippen LogP contribution in [0.3, 0.4) is 0 Å². The second-order valence-corrected chi connectivity index (χ2v) is 12.4. The number of likely N-dealkylation sites (N-methyl/N-ethyl adjacent to an activating group) is 1. The van der Waals surface area contributed by atoms with Crippen LogP contribution in [0.5, 0.6) is 0 Å². The number of carboxylic acid groups (broad SMARTS) is 1. The van der Waals surface area contributed by atoms with Crippen molar-refractivity contribution in [2.45, 2.75) is 43.7 Å². The molecule has 12 heteroatoms. The molecule has 0 aliphatic carbocycles. The monoisotopic (exact) mass is 537 g/mol. The van der Waals surface area contributed by atoms with Crippen molar-refractivity contribution in [1.29, 1.82) is 0 Å². The Balaban J connectivity index is 1.53. The zero-order valence-electron chi connectivity index (χ0n) is 21.8. The fraction of sp³-hybridized carbons (Fsp3) is 0.680. The molecule has 37 heavy (non-hydrogen) atoms. The van der Waals surface area contributed by atoms with Crippen LogP contribution >= 0.6 is 11.8 Å². The lowest BCUT2D eigenvalue weighted by molar-refractivity contribution is -0.885. The van der Waals surface area contributed by atoms with Crippen molar-refractivity contribution < 1.29 is 38.6 Å². The van der Waals surface area contributed by atoms with E-state index in [9.17, 15) is 29.4 Å². The Morgan fingerprint density at radius 2 is 2.03 bits per heavy atom. The van der Waals surface area contributed by atoms with Crippen molar-refractivity contribution in [1.82, 2.24) is 14.7 Å². The lowest BCUT2D eigenvalue weighted by Crippen LogP contribution is -2.63. The number of hydrogen-bond donors (Lipinski definition) is 2. The zero-order valence-corrected chi connectivity index (χ0v) is 22.6. The van der Waals surface area contributed by atoms with Crippen molar-refractivity contribution in [2.24, 2.45) is 11.8 Å². The van der Waals surface area contributed by atoms with Crippen LogP contribution < -0.4 is 0 Å². The van der Waals surface area contributed by atoms with Gasteiger partial charge in [0.05, 0.1) is 51.3 Å². The molecule has 4 aliphatic heterocycles. The van der Waals surface area contributed by atoms with Gasteiger partial charge in [0, 0.05) is 29.2 Å². The van der Waals surface area contributed by atoms with Gasteiger partial charge in [-0.15, -0.1) is 11.8 Å². The number of thioether (sulfide) groups is 1. The number of ether oxygens (including phenoxy) is 1. The third-order valence-corrected chi connectivity index (χ3v) is 9.36. The molecule has 4 aliphatic rings. The van der Waals surface area contributed by atoms with Gasteiger partial charge >= 0.3 is 12.1 Å². The highest BCUT2D eigenvalue weighted by Crippen LogP contribution is 2.52. The number of nitrogens with zero attached hydrogens (tertiary/aromatic N) is 4. The maximum atomic E-state index is 12.9. The Hall–Kier alpha value is -2.57. The molecule has 0 aromatic heterocycles. The lowest BCUT2D eigenvalue weighted by Gasteiger charge is -2.46. The minimum atomic E-state index is -1.18. The molecule has 0 bridgehead atoms. The number of β-lactam (4-membered cyclic amide) rings is 1. The van der Waals surface area contributed by atoms with Gasteiger partial charge in [0.15, 0.2) is 6.54 Å². The van der Waals surface area contributed by atoms with E-state index in [1.807, 2.05) is 21.0 Å². The van der Waals surface area contributed by atoms with Gasteiger partial charge in [-0.05, 0) is 13.3 Å². The van der Waals surface area contributed by atoms with Gasteiger partial charge in [-0.25, -0.2) is 9.59 Å². The third kappa shape index (κ3) is 5.10. The number of amides is 3. The molecule has 4 rings (SSSR count). The van der Waals surface area contributed by atoms with E-state index in [1.54, 1.807) is 16.7 Å². The van der Waals surface area contributed by atoms with Crippen LogP contribution in [0.1, 0.15) is 20.3 Å². The molecule has 2 N–H and O–H groups in total. The van der Waals surface area contributed by atoms with Gasteiger partial charge in [0.25, 0.3) is 5.91 Å². The Kier molecular flexibility index (Phi) is 7.64. The first kappa shape index (κ1) is 27.5. The Morgan fingerprint density at radius 3 is 2.62 bits per heavy atom. The SMILES string of the molecule is C=CCOC(=O)N1C[C@@H](SC2=C(C(=O)O)N3C(=O)[C@H]([C@@H](C)O)[C@H]3[C@H]2C)C[C@H]1CN1CC[N+](C)(C)CC1=O. The number of rotatable bonds is 8. The number of aliphatic hydroxyl groups is 1. The summed E-state index contributed by atoms with van der Waals surface area (Å²) in [7, 11) is 4.03. The molecule has 3 fully saturated rings. The molecule has 3 amide bonds. The predicted octanol–water partition coefficient (Wildman–Crippen LogP) is 0.557. The highest BCUT2D eigenvalue weighted by molar-refractivity contribution is 8.03. The van der Waals surface area contributed by atoms with Gasteiger partial charge in [-0.3, -0.25) is 9.59 Å². The Morgan fingerprint density at radius 1 is 1.32 bits per heavy atom. The molecular weight excluding hydrogens is 500 g/mol. The van der Waals surface area contributed by atoms with Crippen molar-refractivity contribution in [3.05, 3.63) is 23.3 Å². The highest BCUT2D eigenvalue weighted by atomic mass is 32.2. The van der Waals surface area contributed by atoms with Gasteiger partial charge in [0.2, 0.25) is 5.91 Å². The third-order valence-electron chi connectivity index (χ3n) is 7.86. The molecule has 4 heterocycles. The molecule has 0 unspecified atom stereocenters. The van der Waals surface area contributed by atoms with E-state index >= 15 is 0 Å². The van der Waals surface area contributed by atoms with Crippen LogP contribution in [-0.2, 0) is 19.1 Å². The molecule has 6 atom stereocenters. The van der Waals surface area contributed by atoms with E-state index in [-0.39, 0.29) is 47.4 Å². The number of aliphatic hydroxyl groups excluding tert-OH is 1. The van der Waals surface area contributed by atoms with Crippen molar-refractivity contribution in [3.63, 3.8) is 0 Å². The van der Waals surface area contributed by atoms with E-state index in [0.717, 1.165) is 6.54 Å². The average molecular weight is 538 g/mol. The van der Waals surface area contributed by atoms with Crippen molar-refractivity contribution in [2.75, 3.05) is 53.4 Å². The number of likely N-dealkylation sites (tertiary alicyclic amines) is 1. The van der Waals surface area contributed by atoms with E-state index in [4.69, 9.17) is 4.74 Å². The molecule has 0 saturated carbocycles. The topological polar surface area (TPSA) is 128 Å². The molecule has 0 radical (unpaired) electrons. The van der Waals surface area contributed by atoms with E-state index in [0.29, 0.717) is 42.0 Å². The van der Waals surface area contributed by atoms with Crippen molar-refractivity contribution >= 4 is 35.6 Å². The number of carboxylic acids is 1. The number of carbonyl (C=O) groups excluding carboxylic acids is 3. The number of carbonyl (C=O) groups is 4. The smallest absolute Gasteiger partial charge is 0.410 e. The number of quaternary nitrogens is 1. The van der Waals surface area contributed by atoms with E-state index in [2.05, 4.69) is 6.58 Å². The summed E-state index contributed by atoms with van der Waals surface area (Å²) >= 11 is 1.38. The van der Waals surface area contributed by atoms with Gasteiger partial charge in [-0.1, -0.05) is 19.6 Å². The summed E-state index contributed by atoms with van der Waals surface area (Å²) in [6, 6.07) is -0.665. The summed E-state index contributed by atoms with van der Waals surface area (Å²) in [5.41, 5.74) is -0.0279. The maximum absolute atomic E-state index is 12.9. The molecule has 0 spiro atoms. The number of fused-ring (bicyclic) bond motifs is 1. The quantitative estimate of drug-likeness (QED) is 0.261. The fourth-order valence-corrected chi connectivity index (χ4v) is 7.50. The van der Waals surface area contributed by atoms with Crippen LogP contribution in [-0.4, -0.2) is 130 Å². The maximum Gasteiger partial charge on any atom is 0.410 e. The highest BCUT2D eigenvalue weighted by Gasteiger charge is 2.60. The largest absolute Gasteiger partial charge is 0.477 e.